The van der Waals surface area contributed by atoms with Gasteiger partial charge in [-0.05, 0) is 26.0 Å². The molecule has 0 saturated carbocycles. The van der Waals surface area contributed by atoms with Crippen LogP contribution in [-0.4, -0.2) is 24.1 Å². The fourth-order valence-corrected chi connectivity index (χ4v) is 1.60. The maximum atomic E-state index is 11.3. The lowest BCUT2D eigenvalue weighted by atomic mass is 10.2. The molecule has 2 N–H and O–H groups in total. The van der Waals surface area contributed by atoms with Crippen molar-refractivity contribution in [2.75, 3.05) is 0 Å². The molecule has 0 aromatic heterocycles. The van der Waals surface area contributed by atoms with Gasteiger partial charge in [0.05, 0.1) is 11.2 Å². The van der Waals surface area contributed by atoms with Gasteiger partial charge < -0.3 is 5.32 Å². The lowest BCUT2D eigenvalue weighted by molar-refractivity contribution is -0.139. The van der Waals surface area contributed by atoms with E-state index >= 15 is 0 Å². The van der Waals surface area contributed by atoms with E-state index in [1.54, 1.807) is 32.0 Å². The Labute approximate surface area is 121 Å². The third-order valence-corrected chi connectivity index (χ3v) is 2.52. The van der Waals surface area contributed by atoms with E-state index in [2.05, 4.69) is 15.8 Å². The molecule has 2 amide bonds. The van der Waals surface area contributed by atoms with Gasteiger partial charge in [-0.25, -0.2) is 5.43 Å². The van der Waals surface area contributed by atoms with E-state index in [1.165, 1.54) is 6.21 Å². The summed E-state index contributed by atoms with van der Waals surface area (Å²) in [5.74, 6) is -1.58. The highest BCUT2D eigenvalue weighted by atomic mass is 35.5. The number of halogens is 2. The summed E-state index contributed by atoms with van der Waals surface area (Å²) in [5, 5.41) is 6.99. The highest BCUT2D eigenvalue weighted by molar-refractivity contribution is 6.36. The first kappa shape index (κ1) is 15.5. The van der Waals surface area contributed by atoms with Crippen LogP contribution < -0.4 is 10.7 Å². The summed E-state index contributed by atoms with van der Waals surface area (Å²) >= 11 is 11.6. The van der Waals surface area contributed by atoms with Crippen LogP contribution >= 0.6 is 23.2 Å². The number of benzene rings is 1. The molecule has 0 spiro atoms. The van der Waals surface area contributed by atoms with Crippen LogP contribution in [0.5, 0.6) is 0 Å². The van der Waals surface area contributed by atoms with Crippen LogP contribution in [0.3, 0.4) is 0 Å². The predicted octanol–water partition coefficient (Wildman–Crippen LogP) is 1.97. The molecular weight excluding hydrogens is 289 g/mol. The maximum Gasteiger partial charge on any atom is 0.329 e. The van der Waals surface area contributed by atoms with E-state index in [1.807, 2.05) is 0 Å². The minimum Gasteiger partial charge on any atom is -0.346 e. The van der Waals surface area contributed by atoms with Crippen molar-refractivity contribution >= 4 is 41.2 Å². The molecule has 0 fully saturated rings. The third kappa shape index (κ3) is 5.28. The lowest BCUT2D eigenvalue weighted by Gasteiger charge is -2.06. The Morgan fingerprint density at radius 1 is 1.26 bits per heavy atom. The molecule has 5 nitrogen and oxygen atoms in total. The normalized spacial score (nSPS) is 10.8. The van der Waals surface area contributed by atoms with Crippen molar-refractivity contribution in [3.63, 3.8) is 0 Å². The Balaban J connectivity index is 2.58. The van der Waals surface area contributed by atoms with Crippen LogP contribution in [-0.2, 0) is 9.59 Å². The van der Waals surface area contributed by atoms with E-state index in [4.69, 9.17) is 23.2 Å². The average molecular weight is 302 g/mol. The molecule has 1 aromatic carbocycles. The van der Waals surface area contributed by atoms with Gasteiger partial charge >= 0.3 is 11.8 Å². The number of rotatable bonds is 3. The molecule has 0 saturated heterocycles. The van der Waals surface area contributed by atoms with Crippen LogP contribution in [0.15, 0.2) is 23.3 Å². The zero-order valence-corrected chi connectivity index (χ0v) is 11.9. The van der Waals surface area contributed by atoms with Gasteiger partial charge in [0.25, 0.3) is 0 Å². The first-order valence-corrected chi connectivity index (χ1v) is 6.24. The number of hydrogen-bond donors (Lipinski definition) is 2. The zero-order valence-electron chi connectivity index (χ0n) is 10.4. The first-order valence-electron chi connectivity index (χ1n) is 5.49. The van der Waals surface area contributed by atoms with Crippen molar-refractivity contribution in [3.05, 3.63) is 33.8 Å². The van der Waals surface area contributed by atoms with Gasteiger partial charge in [-0.15, -0.1) is 0 Å². The molecule has 0 aliphatic rings. The van der Waals surface area contributed by atoms with Crippen molar-refractivity contribution in [1.29, 1.82) is 0 Å². The van der Waals surface area contributed by atoms with E-state index in [0.717, 1.165) is 0 Å². The molecule has 0 bridgehead atoms. The smallest absolute Gasteiger partial charge is 0.329 e. The molecule has 19 heavy (non-hydrogen) atoms. The van der Waals surface area contributed by atoms with Crippen LogP contribution in [0.25, 0.3) is 0 Å². The van der Waals surface area contributed by atoms with E-state index in [9.17, 15) is 9.59 Å². The van der Waals surface area contributed by atoms with Gasteiger partial charge in [0.1, 0.15) is 0 Å². The van der Waals surface area contributed by atoms with Crippen LogP contribution in [0.4, 0.5) is 0 Å². The minimum absolute atomic E-state index is 0.118. The van der Waals surface area contributed by atoms with Gasteiger partial charge in [0.15, 0.2) is 0 Å². The second-order valence-electron chi connectivity index (χ2n) is 3.99. The highest BCUT2D eigenvalue weighted by Crippen LogP contribution is 2.19. The molecule has 7 heteroatoms. The standard InChI is InChI=1S/C12H13Cl2N3O2/c1-7(2)16-11(18)12(19)17-15-6-8-3-4-9(13)5-10(8)14/h3-7H,1-2H3,(H,16,18)(H,17,19)/b15-6+. The van der Waals surface area contributed by atoms with Crippen molar-refractivity contribution in [3.8, 4) is 0 Å². The van der Waals surface area contributed by atoms with E-state index in [-0.39, 0.29) is 6.04 Å². The summed E-state index contributed by atoms with van der Waals surface area (Å²) in [6, 6.07) is 4.72. The Kier molecular flexibility index (Phi) is 5.79. The van der Waals surface area contributed by atoms with Gasteiger partial charge in [-0.1, -0.05) is 29.3 Å². The Morgan fingerprint density at radius 2 is 1.95 bits per heavy atom. The largest absolute Gasteiger partial charge is 0.346 e. The first-order chi connectivity index (χ1) is 8.90. The molecule has 0 unspecified atom stereocenters. The molecule has 1 aromatic rings. The number of hydrogen-bond acceptors (Lipinski definition) is 3. The topological polar surface area (TPSA) is 70.6 Å². The van der Waals surface area contributed by atoms with Gasteiger partial charge in [-0.2, -0.15) is 5.10 Å². The zero-order chi connectivity index (χ0) is 14.4. The van der Waals surface area contributed by atoms with Gasteiger partial charge in [0, 0.05) is 16.6 Å². The molecule has 0 heterocycles. The summed E-state index contributed by atoms with van der Waals surface area (Å²) in [7, 11) is 0. The Hall–Kier alpha value is -1.59. The fourth-order valence-electron chi connectivity index (χ4n) is 1.15. The van der Waals surface area contributed by atoms with E-state index < -0.39 is 11.8 Å². The summed E-state index contributed by atoms with van der Waals surface area (Å²) < 4.78 is 0. The van der Waals surface area contributed by atoms with Crippen molar-refractivity contribution in [1.82, 2.24) is 10.7 Å². The number of nitrogens with one attached hydrogen (secondary N) is 2. The lowest BCUT2D eigenvalue weighted by Crippen LogP contribution is -2.41. The summed E-state index contributed by atoms with van der Waals surface area (Å²) in [5.41, 5.74) is 2.68. The fraction of sp³-hybridized carbons (Fsp3) is 0.250. The van der Waals surface area contributed by atoms with Gasteiger partial charge in [0.2, 0.25) is 0 Å². The van der Waals surface area contributed by atoms with Crippen molar-refractivity contribution in [2.45, 2.75) is 19.9 Å². The quantitative estimate of drug-likeness (QED) is 0.509. The van der Waals surface area contributed by atoms with Crippen LogP contribution in [0.2, 0.25) is 10.0 Å². The molecule has 0 aliphatic carbocycles. The van der Waals surface area contributed by atoms with E-state index in [0.29, 0.717) is 15.6 Å². The predicted molar refractivity (Wildman–Crippen MR) is 75.5 cm³/mol. The number of carbonyl (C=O) groups excluding carboxylic acids is 2. The summed E-state index contributed by atoms with van der Waals surface area (Å²) in [4.78, 5) is 22.6. The summed E-state index contributed by atoms with van der Waals surface area (Å²) in [6.45, 7) is 3.50. The Morgan fingerprint density at radius 3 is 2.53 bits per heavy atom. The molecule has 0 atom stereocenters. The van der Waals surface area contributed by atoms with Crippen LogP contribution in [0.1, 0.15) is 19.4 Å². The Bertz CT molecular complexity index is 516. The second kappa shape index (κ2) is 7.11. The number of carbonyl (C=O) groups is 2. The number of amides is 2. The van der Waals surface area contributed by atoms with Gasteiger partial charge in [-0.3, -0.25) is 9.59 Å². The van der Waals surface area contributed by atoms with Crippen LogP contribution in [0, 0.1) is 0 Å². The molecule has 102 valence electrons. The minimum atomic E-state index is -0.838. The molecule has 0 aliphatic heterocycles. The molecular formula is C12H13Cl2N3O2. The maximum absolute atomic E-state index is 11.3. The second-order valence-corrected chi connectivity index (χ2v) is 4.84. The molecule has 0 radical (unpaired) electrons. The molecule has 1 rings (SSSR count). The van der Waals surface area contributed by atoms with Crippen molar-refractivity contribution in [2.24, 2.45) is 5.10 Å². The SMILES string of the molecule is CC(C)NC(=O)C(=O)N/N=C/c1ccc(Cl)cc1Cl. The number of hydrazone groups is 1. The monoisotopic (exact) mass is 301 g/mol. The number of nitrogens with zero attached hydrogens (tertiary/aromatic N) is 1. The van der Waals surface area contributed by atoms with Crippen molar-refractivity contribution < 1.29 is 9.59 Å². The average Bonchev–Trinajstić information content (AvgIpc) is 2.30. The summed E-state index contributed by atoms with van der Waals surface area (Å²) in [6.07, 6.45) is 1.33. The highest BCUT2D eigenvalue weighted by Gasteiger charge is 2.12. The third-order valence-electron chi connectivity index (χ3n) is 1.96.